The molecule has 1 aliphatic carbocycles. The number of hydrogen-bond acceptors (Lipinski definition) is 3. The van der Waals surface area contributed by atoms with E-state index in [0.29, 0.717) is 24.0 Å². The number of nitrogens with one attached hydrogen (secondary N) is 1. The van der Waals surface area contributed by atoms with Crippen molar-refractivity contribution in [3.63, 3.8) is 0 Å². The van der Waals surface area contributed by atoms with E-state index in [1.807, 2.05) is 11.8 Å². The van der Waals surface area contributed by atoms with Gasteiger partial charge in [-0.05, 0) is 37.4 Å². The fourth-order valence-electron chi connectivity index (χ4n) is 4.07. The van der Waals surface area contributed by atoms with Crippen molar-refractivity contribution in [1.29, 1.82) is 0 Å². The number of carbonyl (C=O) groups excluding carboxylic acids is 1. The van der Waals surface area contributed by atoms with E-state index in [1.54, 1.807) is 0 Å². The second-order valence-electron chi connectivity index (χ2n) is 6.61. The maximum Gasteiger partial charge on any atom is 0.241 e. The molecule has 20 heavy (non-hydrogen) atoms. The Labute approximate surface area is 127 Å². The Morgan fingerprint density at radius 2 is 2.10 bits per heavy atom. The van der Waals surface area contributed by atoms with E-state index >= 15 is 0 Å². The van der Waals surface area contributed by atoms with Crippen LogP contribution in [0.3, 0.4) is 0 Å². The lowest BCUT2D eigenvalue weighted by molar-refractivity contribution is -0.132. The van der Waals surface area contributed by atoms with E-state index in [2.05, 4.69) is 17.1 Å². The summed E-state index contributed by atoms with van der Waals surface area (Å²) in [7, 11) is 0. The lowest BCUT2D eigenvalue weighted by Gasteiger charge is -2.33. The lowest BCUT2D eigenvalue weighted by Crippen LogP contribution is -2.48. The molecule has 1 saturated carbocycles. The Morgan fingerprint density at radius 1 is 1.30 bits per heavy atom. The average molecular weight is 296 g/mol. The molecule has 0 aromatic rings. The third-order valence-electron chi connectivity index (χ3n) is 5.22. The quantitative estimate of drug-likeness (QED) is 0.846. The van der Waals surface area contributed by atoms with Gasteiger partial charge in [-0.15, -0.1) is 0 Å². The van der Waals surface area contributed by atoms with Crippen LogP contribution in [0, 0.1) is 5.92 Å². The zero-order valence-corrected chi connectivity index (χ0v) is 13.5. The lowest BCUT2D eigenvalue weighted by atomic mass is 10.0. The molecule has 1 N–H and O–H groups in total. The van der Waals surface area contributed by atoms with Crippen LogP contribution in [-0.4, -0.2) is 40.6 Å². The Bertz CT molecular complexity index is 337. The van der Waals surface area contributed by atoms with Crippen molar-refractivity contribution in [2.45, 2.75) is 76.5 Å². The highest BCUT2D eigenvalue weighted by atomic mass is 32.2. The number of rotatable bonds is 5. The van der Waals surface area contributed by atoms with Gasteiger partial charge < -0.3 is 4.90 Å². The van der Waals surface area contributed by atoms with Gasteiger partial charge in [-0.2, -0.15) is 11.8 Å². The summed E-state index contributed by atoms with van der Waals surface area (Å²) in [6.45, 7) is 2.21. The van der Waals surface area contributed by atoms with Gasteiger partial charge in [0.15, 0.2) is 0 Å². The summed E-state index contributed by atoms with van der Waals surface area (Å²) in [5, 5.41) is 3.71. The van der Waals surface area contributed by atoms with E-state index in [9.17, 15) is 4.79 Å². The van der Waals surface area contributed by atoms with Crippen LogP contribution in [0.1, 0.15) is 58.3 Å². The van der Waals surface area contributed by atoms with Crippen LogP contribution in [0.15, 0.2) is 0 Å². The van der Waals surface area contributed by atoms with Crippen molar-refractivity contribution in [3.05, 3.63) is 0 Å². The average Bonchev–Trinajstić information content (AvgIpc) is 3.17. The van der Waals surface area contributed by atoms with Gasteiger partial charge in [0, 0.05) is 11.8 Å². The highest BCUT2D eigenvalue weighted by Gasteiger charge is 2.46. The molecule has 2 heterocycles. The molecular formula is C16H28N2OS. The molecular weight excluding hydrogens is 268 g/mol. The van der Waals surface area contributed by atoms with Gasteiger partial charge in [-0.25, -0.2) is 0 Å². The van der Waals surface area contributed by atoms with Crippen LogP contribution in [0.5, 0.6) is 0 Å². The maximum atomic E-state index is 12.8. The first-order valence-electron chi connectivity index (χ1n) is 8.47. The van der Waals surface area contributed by atoms with Crippen molar-refractivity contribution in [3.8, 4) is 0 Å². The van der Waals surface area contributed by atoms with Crippen molar-refractivity contribution in [2.75, 3.05) is 11.5 Å². The van der Waals surface area contributed by atoms with Gasteiger partial charge in [0.25, 0.3) is 0 Å². The van der Waals surface area contributed by atoms with Crippen LogP contribution in [0.2, 0.25) is 0 Å². The summed E-state index contributed by atoms with van der Waals surface area (Å²) in [6.07, 6.45) is 10.2. The second kappa shape index (κ2) is 6.69. The maximum absolute atomic E-state index is 12.8. The topological polar surface area (TPSA) is 32.3 Å². The fraction of sp³-hybridized carbons (Fsp3) is 0.938. The van der Waals surface area contributed by atoms with Gasteiger partial charge in [-0.3, -0.25) is 10.1 Å². The molecule has 1 amide bonds. The Morgan fingerprint density at radius 3 is 2.75 bits per heavy atom. The van der Waals surface area contributed by atoms with E-state index in [-0.39, 0.29) is 6.04 Å². The van der Waals surface area contributed by atoms with Gasteiger partial charge in [0.05, 0.1) is 12.2 Å². The summed E-state index contributed by atoms with van der Waals surface area (Å²) >= 11 is 2.01. The first-order valence-corrected chi connectivity index (χ1v) is 9.62. The zero-order chi connectivity index (χ0) is 13.9. The molecule has 2 aliphatic heterocycles. The first kappa shape index (κ1) is 14.7. The second-order valence-corrected chi connectivity index (χ2v) is 7.76. The zero-order valence-electron chi connectivity index (χ0n) is 12.6. The van der Waals surface area contributed by atoms with Gasteiger partial charge in [0.1, 0.15) is 0 Å². The number of nitrogens with zero attached hydrogens (tertiary/aromatic N) is 1. The molecule has 0 aromatic heterocycles. The number of unbranched alkanes of at least 4 members (excludes halogenated alkanes) is 1. The van der Waals surface area contributed by atoms with Crippen molar-refractivity contribution in [2.24, 2.45) is 5.92 Å². The molecule has 4 heteroatoms. The molecule has 0 aromatic carbocycles. The van der Waals surface area contributed by atoms with Crippen LogP contribution >= 0.6 is 11.8 Å². The minimum Gasteiger partial charge on any atom is -0.322 e. The van der Waals surface area contributed by atoms with Gasteiger partial charge in [-0.1, -0.05) is 32.6 Å². The molecule has 3 aliphatic rings. The Balaban J connectivity index is 1.72. The minimum absolute atomic E-state index is 0.103. The summed E-state index contributed by atoms with van der Waals surface area (Å²) in [5.74, 6) is 3.49. The number of amides is 1. The molecule has 3 unspecified atom stereocenters. The number of carbonyl (C=O) groups is 1. The fourth-order valence-corrected chi connectivity index (χ4v) is 5.28. The molecule has 3 atom stereocenters. The molecule has 3 nitrogen and oxygen atoms in total. The molecule has 3 rings (SSSR count). The van der Waals surface area contributed by atoms with E-state index < -0.39 is 0 Å². The standard InChI is InChI=1S/C16H28N2OS/c1-2-3-8-14-16(19)18(13-9-10-20-11-13)15(17-14)12-6-4-5-7-12/h12-15,17H,2-11H2,1H3. The first-order chi connectivity index (χ1) is 9.81. The predicted molar refractivity (Wildman–Crippen MR) is 84.8 cm³/mol. The third kappa shape index (κ3) is 2.87. The van der Waals surface area contributed by atoms with Crippen molar-refractivity contribution >= 4 is 17.7 Å². The highest BCUT2D eigenvalue weighted by Crippen LogP contribution is 2.36. The van der Waals surface area contributed by atoms with Gasteiger partial charge >= 0.3 is 0 Å². The predicted octanol–water partition coefficient (Wildman–Crippen LogP) is 3.00. The van der Waals surface area contributed by atoms with E-state index in [1.165, 1.54) is 44.3 Å². The van der Waals surface area contributed by atoms with Crippen LogP contribution < -0.4 is 5.32 Å². The number of hydrogen-bond donors (Lipinski definition) is 1. The van der Waals surface area contributed by atoms with Crippen LogP contribution in [0.4, 0.5) is 0 Å². The molecule has 3 fully saturated rings. The largest absolute Gasteiger partial charge is 0.322 e. The third-order valence-corrected chi connectivity index (χ3v) is 6.36. The SMILES string of the molecule is CCCCC1NC(C2CCCC2)N(C2CCSC2)C1=O. The minimum atomic E-state index is 0.103. The summed E-state index contributed by atoms with van der Waals surface area (Å²) < 4.78 is 0. The molecule has 0 radical (unpaired) electrons. The van der Waals surface area contributed by atoms with Crippen molar-refractivity contribution in [1.82, 2.24) is 10.2 Å². The summed E-state index contributed by atoms with van der Waals surface area (Å²) in [5.41, 5.74) is 0. The van der Waals surface area contributed by atoms with E-state index in [0.717, 1.165) is 18.6 Å². The Kier molecular flexibility index (Phi) is 4.92. The monoisotopic (exact) mass is 296 g/mol. The van der Waals surface area contributed by atoms with Crippen molar-refractivity contribution < 1.29 is 4.79 Å². The summed E-state index contributed by atoms with van der Waals surface area (Å²) in [6, 6.07) is 0.600. The molecule has 0 bridgehead atoms. The Hall–Kier alpha value is -0.220. The molecule has 114 valence electrons. The summed E-state index contributed by atoms with van der Waals surface area (Å²) in [4.78, 5) is 15.1. The molecule has 0 spiro atoms. The number of thioether (sulfide) groups is 1. The van der Waals surface area contributed by atoms with E-state index in [4.69, 9.17) is 0 Å². The smallest absolute Gasteiger partial charge is 0.241 e. The van der Waals surface area contributed by atoms with Gasteiger partial charge in [0.2, 0.25) is 5.91 Å². The normalized spacial score (nSPS) is 35.4. The molecule has 2 saturated heterocycles. The highest BCUT2D eigenvalue weighted by molar-refractivity contribution is 7.99. The van der Waals surface area contributed by atoms with Crippen LogP contribution in [0.25, 0.3) is 0 Å². The van der Waals surface area contributed by atoms with Crippen LogP contribution in [-0.2, 0) is 4.79 Å².